The van der Waals surface area contributed by atoms with E-state index in [1.54, 1.807) is 42.5 Å². The Bertz CT molecular complexity index is 1180. The Hall–Kier alpha value is -3.46. The van der Waals surface area contributed by atoms with Gasteiger partial charge in [-0.1, -0.05) is 30.0 Å². The first-order valence-electron chi connectivity index (χ1n) is 9.53. The zero-order chi connectivity index (χ0) is 21.9. The summed E-state index contributed by atoms with van der Waals surface area (Å²) in [5.74, 6) is -1.76. The fraction of sp³-hybridized carbons (Fsp3) is 0.227. The highest BCUT2D eigenvalue weighted by Gasteiger charge is 2.58. The number of hydrogen-bond donors (Lipinski definition) is 1. The SMILES string of the molecule is COc1cccc(N2C(=O)[C@@H]3[C@@H]4C(=C(N)S[C@H]3C2=O)C(=O)Oc2c(OC)cccc24)c1. The number of imide groups is 1. The molecule has 3 aliphatic heterocycles. The van der Waals surface area contributed by atoms with Gasteiger partial charge in [-0.25, -0.2) is 9.69 Å². The predicted molar refractivity (Wildman–Crippen MR) is 113 cm³/mol. The van der Waals surface area contributed by atoms with Crippen molar-refractivity contribution >= 4 is 35.2 Å². The lowest BCUT2D eigenvalue weighted by Gasteiger charge is -2.36. The molecule has 8 nitrogen and oxygen atoms in total. The molecular weight excluding hydrogens is 420 g/mol. The molecule has 3 atom stereocenters. The van der Waals surface area contributed by atoms with Crippen LogP contribution in [0.4, 0.5) is 5.69 Å². The summed E-state index contributed by atoms with van der Waals surface area (Å²) >= 11 is 1.03. The average Bonchev–Trinajstić information content (AvgIpc) is 3.02. The van der Waals surface area contributed by atoms with Gasteiger partial charge in [0.1, 0.15) is 11.0 Å². The lowest BCUT2D eigenvalue weighted by Crippen LogP contribution is -2.39. The van der Waals surface area contributed by atoms with Gasteiger partial charge in [-0.05, 0) is 18.2 Å². The third-order valence-electron chi connectivity index (χ3n) is 5.78. The smallest absolute Gasteiger partial charge is 0.342 e. The number of fused-ring (bicyclic) bond motifs is 5. The van der Waals surface area contributed by atoms with Gasteiger partial charge in [-0.3, -0.25) is 9.59 Å². The van der Waals surface area contributed by atoms with Crippen LogP contribution in [0.2, 0.25) is 0 Å². The van der Waals surface area contributed by atoms with Gasteiger partial charge in [0.25, 0.3) is 0 Å². The number of ether oxygens (including phenoxy) is 3. The van der Waals surface area contributed by atoms with Gasteiger partial charge in [0.15, 0.2) is 11.5 Å². The Balaban J connectivity index is 1.66. The Morgan fingerprint density at radius 2 is 1.81 bits per heavy atom. The van der Waals surface area contributed by atoms with Crippen LogP contribution in [0.5, 0.6) is 17.2 Å². The molecule has 0 aliphatic carbocycles. The minimum atomic E-state index is -0.801. The molecule has 0 saturated carbocycles. The minimum Gasteiger partial charge on any atom is -0.497 e. The number of para-hydroxylation sites is 1. The number of esters is 1. The van der Waals surface area contributed by atoms with Crippen molar-refractivity contribution in [1.82, 2.24) is 0 Å². The molecule has 31 heavy (non-hydrogen) atoms. The summed E-state index contributed by atoms with van der Waals surface area (Å²) < 4.78 is 16.1. The van der Waals surface area contributed by atoms with E-state index in [1.807, 2.05) is 0 Å². The lowest BCUT2D eigenvalue weighted by atomic mass is 9.77. The highest BCUT2D eigenvalue weighted by Crippen LogP contribution is 2.56. The molecule has 158 valence electrons. The number of nitrogens with zero attached hydrogens (tertiary/aromatic N) is 1. The Morgan fingerprint density at radius 1 is 1.03 bits per heavy atom. The van der Waals surface area contributed by atoms with Gasteiger partial charge in [-0.2, -0.15) is 0 Å². The number of carbonyl (C=O) groups excluding carboxylic acids is 3. The maximum absolute atomic E-state index is 13.6. The van der Waals surface area contributed by atoms with Crippen molar-refractivity contribution in [3.8, 4) is 17.2 Å². The number of amides is 2. The lowest BCUT2D eigenvalue weighted by molar-refractivity contribution is -0.132. The third-order valence-corrected chi connectivity index (χ3v) is 7.00. The number of anilines is 1. The van der Waals surface area contributed by atoms with Crippen molar-refractivity contribution < 1.29 is 28.6 Å². The molecule has 2 aromatic carbocycles. The van der Waals surface area contributed by atoms with Gasteiger partial charge in [0, 0.05) is 17.5 Å². The molecule has 1 fully saturated rings. The normalized spacial score (nSPS) is 24.4. The second-order valence-corrected chi connectivity index (χ2v) is 8.48. The minimum absolute atomic E-state index is 0.193. The van der Waals surface area contributed by atoms with E-state index < -0.39 is 29.0 Å². The molecule has 0 spiro atoms. The number of benzene rings is 2. The fourth-order valence-corrected chi connectivity index (χ4v) is 5.66. The van der Waals surface area contributed by atoms with E-state index in [0.29, 0.717) is 22.7 Å². The second-order valence-electron chi connectivity index (χ2n) is 7.30. The molecule has 0 radical (unpaired) electrons. The fourth-order valence-electron chi connectivity index (χ4n) is 4.42. The van der Waals surface area contributed by atoms with E-state index in [0.717, 1.165) is 16.7 Å². The van der Waals surface area contributed by atoms with E-state index in [1.165, 1.54) is 14.2 Å². The summed E-state index contributed by atoms with van der Waals surface area (Å²) in [7, 11) is 2.98. The number of rotatable bonds is 3. The number of nitrogens with two attached hydrogens (primary N) is 1. The van der Waals surface area contributed by atoms with Crippen LogP contribution in [0.3, 0.4) is 0 Å². The molecule has 0 bridgehead atoms. The highest BCUT2D eigenvalue weighted by molar-refractivity contribution is 8.04. The summed E-state index contributed by atoms with van der Waals surface area (Å²) in [6.07, 6.45) is 0. The molecule has 0 aromatic heterocycles. The maximum Gasteiger partial charge on any atom is 0.342 e. The van der Waals surface area contributed by atoms with Gasteiger partial charge >= 0.3 is 5.97 Å². The Labute approximate surface area is 181 Å². The largest absolute Gasteiger partial charge is 0.497 e. The summed E-state index contributed by atoms with van der Waals surface area (Å²) in [5, 5.41) is -0.559. The first-order valence-corrected chi connectivity index (χ1v) is 10.4. The molecule has 9 heteroatoms. The second kappa shape index (κ2) is 7.05. The average molecular weight is 438 g/mol. The molecule has 2 aromatic rings. The van der Waals surface area contributed by atoms with Crippen LogP contribution >= 0.6 is 11.8 Å². The molecule has 2 N–H and O–H groups in total. The first-order chi connectivity index (χ1) is 15.0. The van der Waals surface area contributed by atoms with Crippen molar-refractivity contribution in [3.63, 3.8) is 0 Å². The molecule has 3 aliphatic rings. The molecular formula is C22H18N2O6S. The molecule has 5 rings (SSSR count). The van der Waals surface area contributed by atoms with E-state index >= 15 is 0 Å². The topological polar surface area (TPSA) is 108 Å². The zero-order valence-corrected chi connectivity index (χ0v) is 17.5. The third kappa shape index (κ3) is 2.73. The summed E-state index contributed by atoms with van der Waals surface area (Å²) in [6, 6.07) is 11.9. The van der Waals surface area contributed by atoms with Gasteiger partial charge in [0.05, 0.1) is 36.4 Å². The van der Waals surface area contributed by atoms with Crippen molar-refractivity contribution in [2.45, 2.75) is 11.2 Å². The molecule has 0 unspecified atom stereocenters. The van der Waals surface area contributed by atoms with Crippen LogP contribution in [0, 0.1) is 5.92 Å². The van der Waals surface area contributed by atoms with Crippen LogP contribution in [0.25, 0.3) is 0 Å². The van der Waals surface area contributed by atoms with Crippen LogP contribution in [0.15, 0.2) is 53.1 Å². The predicted octanol–water partition coefficient (Wildman–Crippen LogP) is 2.18. The molecule has 3 heterocycles. The van der Waals surface area contributed by atoms with Crippen molar-refractivity contribution in [1.29, 1.82) is 0 Å². The van der Waals surface area contributed by atoms with E-state index in [9.17, 15) is 14.4 Å². The first kappa shape index (κ1) is 19.5. The standard InChI is InChI=1S/C22H18N2O6S/c1-28-11-6-3-5-10(9-11)24-20(25)15-14-12-7-4-8-13(29-2)17(12)30-22(27)16(14)19(23)31-18(15)21(24)26/h3-9,14-15,18H,23H2,1-2H3/t14-,15-,18-/m1/s1. The summed E-state index contributed by atoms with van der Waals surface area (Å²) in [6.45, 7) is 0. The molecule has 1 saturated heterocycles. The Morgan fingerprint density at radius 3 is 2.55 bits per heavy atom. The van der Waals surface area contributed by atoms with Crippen LogP contribution in [0.1, 0.15) is 11.5 Å². The summed E-state index contributed by atoms with van der Waals surface area (Å²) in [4.78, 5) is 40.9. The Kier molecular flexibility index (Phi) is 4.44. The maximum atomic E-state index is 13.6. The van der Waals surface area contributed by atoms with E-state index in [2.05, 4.69) is 0 Å². The van der Waals surface area contributed by atoms with Crippen LogP contribution in [-0.2, 0) is 14.4 Å². The van der Waals surface area contributed by atoms with E-state index in [-0.39, 0.29) is 22.3 Å². The monoisotopic (exact) mass is 438 g/mol. The highest BCUT2D eigenvalue weighted by atomic mass is 32.2. The van der Waals surface area contributed by atoms with E-state index in [4.69, 9.17) is 19.9 Å². The number of thioether (sulfide) groups is 1. The van der Waals surface area contributed by atoms with Crippen LogP contribution in [-0.4, -0.2) is 37.3 Å². The van der Waals surface area contributed by atoms with Gasteiger partial charge in [0.2, 0.25) is 11.8 Å². The quantitative estimate of drug-likeness (QED) is 0.441. The van der Waals surface area contributed by atoms with Crippen LogP contribution < -0.4 is 24.8 Å². The van der Waals surface area contributed by atoms with Gasteiger partial charge < -0.3 is 19.9 Å². The molecule has 2 amide bonds. The van der Waals surface area contributed by atoms with Crippen molar-refractivity contribution in [2.24, 2.45) is 11.7 Å². The number of methoxy groups -OCH3 is 2. The number of hydrogen-bond acceptors (Lipinski definition) is 8. The van der Waals surface area contributed by atoms with Gasteiger partial charge in [-0.15, -0.1) is 0 Å². The van der Waals surface area contributed by atoms with Crippen molar-refractivity contribution in [2.75, 3.05) is 19.1 Å². The zero-order valence-electron chi connectivity index (χ0n) is 16.7. The summed E-state index contributed by atoms with van der Waals surface area (Å²) in [5.41, 5.74) is 7.43. The van der Waals surface area contributed by atoms with Crippen molar-refractivity contribution in [3.05, 3.63) is 58.6 Å². The number of carbonyl (C=O) groups is 3.